The van der Waals surface area contributed by atoms with Gasteiger partial charge in [0.25, 0.3) is 5.91 Å². The number of likely N-dealkylation sites (tertiary alicyclic amines) is 2. The first-order chi connectivity index (χ1) is 15.6. The van der Waals surface area contributed by atoms with E-state index in [0.29, 0.717) is 26.2 Å². The zero-order chi connectivity index (χ0) is 22.1. The minimum Gasteiger partial charge on any atom is -0.472 e. The Morgan fingerprint density at radius 2 is 2.03 bits per heavy atom. The zero-order valence-corrected chi connectivity index (χ0v) is 19.1. The quantitative estimate of drug-likeness (QED) is 0.541. The smallest absolute Gasteiger partial charge is 0.260 e. The van der Waals surface area contributed by atoms with Gasteiger partial charge in [-0.3, -0.25) is 9.69 Å². The molecule has 0 spiro atoms. The Hall–Kier alpha value is -2.39. The van der Waals surface area contributed by atoms with Crippen LogP contribution in [0.2, 0.25) is 0 Å². The van der Waals surface area contributed by atoms with Crippen molar-refractivity contribution >= 4 is 28.8 Å². The number of hydrogen-bond donors (Lipinski definition) is 0. The molecule has 2 saturated heterocycles. The molecular formula is C23H28FN5O2S. The SMILES string of the molecule is CSc1nc2cccnc2n1C1CCN(C(=O)C2(F)CCN(Cc3ccoc3)CC2)CC1. The molecule has 0 unspecified atom stereocenters. The maximum absolute atomic E-state index is 15.6. The number of carbonyl (C=O) groups excluding carboxylic acids is 1. The second-order valence-electron chi connectivity index (χ2n) is 8.71. The third-order valence-electron chi connectivity index (χ3n) is 6.73. The third kappa shape index (κ3) is 4.03. The first-order valence-corrected chi connectivity index (χ1v) is 12.4. The third-order valence-corrected chi connectivity index (χ3v) is 7.39. The van der Waals surface area contributed by atoms with Crippen molar-refractivity contribution in [3.63, 3.8) is 0 Å². The molecule has 3 aromatic heterocycles. The standard InChI is InChI=1S/C23H28FN5O2S/c1-32-22-26-19-3-2-9-25-20(19)29(22)18-4-10-28(11-5-18)21(30)23(24)7-12-27(13-8-23)15-17-6-14-31-16-17/h2-3,6,9,14,16,18H,4-5,7-8,10-13,15H2,1H3. The van der Waals surface area contributed by atoms with E-state index < -0.39 is 5.67 Å². The van der Waals surface area contributed by atoms with E-state index >= 15 is 4.39 Å². The van der Waals surface area contributed by atoms with E-state index in [1.165, 1.54) is 0 Å². The molecule has 170 valence electrons. The summed E-state index contributed by atoms with van der Waals surface area (Å²) in [6, 6.07) is 6.01. The second-order valence-corrected chi connectivity index (χ2v) is 9.48. The number of hydrogen-bond acceptors (Lipinski definition) is 6. The van der Waals surface area contributed by atoms with Crippen LogP contribution < -0.4 is 0 Å². The van der Waals surface area contributed by atoms with Gasteiger partial charge in [-0.15, -0.1) is 0 Å². The lowest BCUT2D eigenvalue weighted by atomic mass is 9.90. The number of imidazole rings is 1. The van der Waals surface area contributed by atoms with Crippen LogP contribution in [-0.2, 0) is 11.3 Å². The predicted octanol–water partition coefficient (Wildman–Crippen LogP) is 3.91. The van der Waals surface area contributed by atoms with Crippen LogP contribution in [0.25, 0.3) is 11.2 Å². The van der Waals surface area contributed by atoms with E-state index in [1.54, 1.807) is 35.4 Å². The summed E-state index contributed by atoms with van der Waals surface area (Å²) in [7, 11) is 0. The largest absolute Gasteiger partial charge is 0.472 e. The van der Waals surface area contributed by atoms with Gasteiger partial charge in [-0.25, -0.2) is 14.4 Å². The highest BCUT2D eigenvalue weighted by molar-refractivity contribution is 7.98. The summed E-state index contributed by atoms with van der Waals surface area (Å²) >= 11 is 1.61. The summed E-state index contributed by atoms with van der Waals surface area (Å²) in [5.41, 5.74) is 1.10. The monoisotopic (exact) mass is 457 g/mol. The Kier molecular flexibility index (Phi) is 5.94. The van der Waals surface area contributed by atoms with Crippen molar-refractivity contribution in [3.05, 3.63) is 42.5 Å². The molecule has 0 atom stereocenters. The maximum Gasteiger partial charge on any atom is 0.260 e. The number of nitrogens with zero attached hydrogens (tertiary/aromatic N) is 5. The van der Waals surface area contributed by atoms with Gasteiger partial charge in [0.05, 0.1) is 12.5 Å². The second kappa shape index (κ2) is 8.86. The van der Waals surface area contributed by atoms with Gasteiger partial charge in [0, 0.05) is 63.4 Å². The molecule has 0 N–H and O–H groups in total. The number of carbonyl (C=O) groups is 1. The fourth-order valence-corrected chi connectivity index (χ4v) is 5.53. The van der Waals surface area contributed by atoms with Crippen molar-refractivity contribution in [3.8, 4) is 0 Å². The van der Waals surface area contributed by atoms with Crippen LogP contribution in [0.4, 0.5) is 4.39 Å². The number of fused-ring (bicyclic) bond motifs is 1. The number of amides is 1. The molecular weight excluding hydrogens is 429 g/mol. The van der Waals surface area contributed by atoms with Crippen LogP contribution in [-0.4, -0.2) is 68.3 Å². The normalized spacial score (nSPS) is 20.1. The highest BCUT2D eigenvalue weighted by Gasteiger charge is 2.45. The number of furan rings is 1. The van der Waals surface area contributed by atoms with Crippen molar-refractivity contribution < 1.29 is 13.6 Å². The Morgan fingerprint density at radius 3 is 2.72 bits per heavy atom. The van der Waals surface area contributed by atoms with E-state index in [4.69, 9.17) is 9.40 Å². The highest BCUT2D eigenvalue weighted by atomic mass is 32.2. The lowest BCUT2D eigenvalue weighted by Crippen LogP contribution is -2.53. The first kappa shape index (κ1) is 21.5. The summed E-state index contributed by atoms with van der Waals surface area (Å²) in [5.74, 6) is -0.336. The summed E-state index contributed by atoms with van der Waals surface area (Å²) in [4.78, 5) is 26.2. The molecule has 0 aromatic carbocycles. The molecule has 0 radical (unpaired) electrons. The van der Waals surface area contributed by atoms with Gasteiger partial charge in [0.2, 0.25) is 0 Å². The van der Waals surface area contributed by atoms with Gasteiger partial charge in [-0.05, 0) is 37.3 Å². The van der Waals surface area contributed by atoms with E-state index in [2.05, 4.69) is 14.5 Å². The Balaban J connectivity index is 1.21. The molecule has 1 amide bonds. The van der Waals surface area contributed by atoms with E-state index in [9.17, 15) is 4.79 Å². The van der Waals surface area contributed by atoms with Gasteiger partial charge in [0.15, 0.2) is 16.5 Å². The first-order valence-electron chi connectivity index (χ1n) is 11.2. The molecule has 32 heavy (non-hydrogen) atoms. The van der Waals surface area contributed by atoms with Crippen LogP contribution in [0, 0.1) is 0 Å². The van der Waals surface area contributed by atoms with Gasteiger partial charge >= 0.3 is 0 Å². The van der Waals surface area contributed by atoms with E-state index in [-0.39, 0.29) is 24.8 Å². The minimum atomic E-state index is -1.76. The summed E-state index contributed by atoms with van der Waals surface area (Å²) in [5, 5.41) is 0.940. The molecule has 5 heterocycles. The number of thioether (sulfide) groups is 1. The number of rotatable bonds is 5. The topological polar surface area (TPSA) is 67.4 Å². The lowest BCUT2D eigenvalue weighted by molar-refractivity contribution is -0.149. The van der Waals surface area contributed by atoms with Crippen LogP contribution in [0.1, 0.15) is 37.3 Å². The van der Waals surface area contributed by atoms with Crippen molar-refractivity contribution in [1.82, 2.24) is 24.3 Å². The fraction of sp³-hybridized carbons (Fsp3) is 0.522. The van der Waals surface area contributed by atoms with Crippen molar-refractivity contribution in [1.29, 1.82) is 0 Å². The molecule has 9 heteroatoms. The molecule has 2 aliphatic rings. The van der Waals surface area contributed by atoms with Crippen LogP contribution in [0.15, 0.2) is 46.5 Å². The van der Waals surface area contributed by atoms with Gasteiger partial charge in [0.1, 0.15) is 5.52 Å². The number of alkyl halides is 1. The van der Waals surface area contributed by atoms with Crippen LogP contribution >= 0.6 is 11.8 Å². The molecule has 7 nitrogen and oxygen atoms in total. The molecule has 5 rings (SSSR count). The average molecular weight is 458 g/mol. The predicted molar refractivity (Wildman–Crippen MR) is 121 cm³/mol. The van der Waals surface area contributed by atoms with E-state index in [0.717, 1.165) is 41.3 Å². The molecule has 2 fully saturated rings. The van der Waals surface area contributed by atoms with Crippen molar-refractivity contribution in [2.75, 3.05) is 32.4 Å². The molecule has 0 bridgehead atoms. The minimum absolute atomic E-state index is 0.216. The number of halogens is 1. The summed E-state index contributed by atoms with van der Waals surface area (Å²) < 4.78 is 22.9. The summed E-state index contributed by atoms with van der Waals surface area (Å²) in [6.45, 7) is 3.01. The fourth-order valence-electron chi connectivity index (χ4n) is 4.91. The Morgan fingerprint density at radius 1 is 1.25 bits per heavy atom. The Bertz CT molecular complexity index is 1070. The van der Waals surface area contributed by atoms with Gasteiger partial charge in [-0.1, -0.05) is 11.8 Å². The lowest BCUT2D eigenvalue weighted by Gasteiger charge is -2.40. The zero-order valence-electron chi connectivity index (χ0n) is 18.2. The molecule has 0 aliphatic carbocycles. The van der Waals surface area contributed by atoms with Gasteiger partial charge < -0.3 is 13.9 Å². The van der Waals surface area contributed by atoms with Crippen molar-refractivity contribution in [2.45, 2.75) is 49.1 Å². The van der Waals surface area contributed by atoms with Crippen LogP contribution in [0.3, 0.4) is 0 Å². The summed E-state index contributed by atoms with van der Waals surface area (Å²) in [6.07, 6.45) is 9.22. The molecule has 0 saturated carbocycles. The number of pyridine rings is 1. The van der Waals surface area contributed by atoms with Crippen LogP contribution in [0.5, 0.6) is 0 Å². The average Bonchev–Trinajstić information content (AvgIpc) is 3.47. The van der Waals surface area contributed by atoms with Crippen molar-refractivity contribution in [2.24, 2.45) is 0 Å². The number of aromatic nitrogens is 3. The molecule has 3 aromatic rings. The maximum atomic E-state index is 15.6. The molecule has 2 aliphatic heterocycles. The Labute approximate surface area is 191 Å². The van der Waals surface area contributed by atoms with E-state index in [1.807, 2.05) is 24.5 Å². The highest BCUT2D eigenvalue weighted by Crippen LogP contribution is 2.34. The number of piperidine rings is 2. The van der Waals surface area contributed by atoms with Gasteiger partial charge in [-0.2, -0.15) is 0 Å².